The second-order valence-corrected chi connectivity index (χ2v) is 3.99. The highest BCUT2D eigenvalue weighted by Gasteiger charge is 2.19. The van der Waals surface area contributed by atoms with Crippen molar-refractivity contribution in [1.29, 1.82) is 0 Å². The van der Waals surface area contributed by atoms with Crippen LogP contribution < -0.4 is 5.32 Å². The minimum absolute atomic E-state index is 0.570. The van der Waals surface area contributed by atoms with Crippen molar-refractivity contribution in [1.82, 2.24) is 5.32 Å². The van der Waals surface area contributed by atoms with Gasteiger partial charge >= 0.3 is 0 Å². The fourth-order valence-electron chi connectivity index (χ4n) is 2.08. The standard InChI is InChI=1S/C10H19NO2/c1-3-9(7-12-5-1)11-10-4-2-6-13-8-10/h9-11H,1-8H2. The van der Waals surface area contributed by atoms with Crippen molar-refractivity contribution < 1.29 is 9.47 Å². The molecule has 0 aromatic heterocycles. The molecule has 0 aromatic carbocycles. The van der Waals surface area contributed by atoms with E-state index in [1.165, 1.54) is 25.7 Å². The van der Waals surface area contributed by atoms with E-state index in [4.69, 9.17) is 9.47 Å². The van der Waals surface area contributed by atoms with Crippen LogP contribution in [0.2, 0.25) is 0 Å². The molecule has 13 heavy (non-hydrogen) atoms. The summed E-state index contributed by atoms with van der Waals surface area (Å²) in [6.07, 6.45) is 4.92. The highest BCUT2D eigenvalue weighted by molar-refractivity contribution is 4.77. The molecule has 2 fully saturated rings. The quantitative estimate of drug-likeness (QED) is 0.694. The summed E-state index contributed by atoms with van der Waals surface area (Å²) in [5.74, 6) is 0. The monoisotopic (exact) mass is 185 g/mol. The van der Waals surface area contributed by atoms with Gasteiger partial charge in [-0.2, -0.15) is 0 Å². The van der Waals surface area contributed by atoms with Gasteiger partial charge in [0.1, 0.15) is 0 Å². The Kier molecular flexibility index (Phi) is 3.58. The molecule has 3 nitrogen and oxygen atoms in total. The summed E-state index contributed by atoms with van der Waals surface area (Å²) < 4.78 is 10.8. The largest absolute Gasteiger partial charge is 0.380 e. The highest BCUT2D eigenvalue weighted by atomic mass is 16.5. The molecule has 0 spiro atoms. The molecule has 3 heteroatoms. The van der Waals surface area contributed by atoms with Gasteiger partial charge in [-0.25, -0.2) is 0 Å². The van der Waals surface area contributed by atoms with E-state index in [-0.39, 0.29) is 0 Å². The molecule has 2 aliphatic heterocycles. The SMILES string of the molecule is C1COCC(NC2CCCOC2)C1. The van der Waals surface area contributed by atoms with E-state index in [0.717, 1.165) is 26.4 Å². The maximum absolute atomic E-state index is 5.42. The van der Waals surface area contributed by atoms with E-state index < -0.39 is 0 Å². The summed E-state index contributed by atoms with van der Waals surface area (Å²) in [5.41, 5.74) is 0. The average molecular weight is 185 g/mol. The third-order valence-corrected chi connectivity index (χ3v) is 2.79. The summed E-state index contributed by atoms with van der Waals surface area (Å²) in [6, 6.07) is 1.14. The second kappa shape index (κ2) is 4.94. The Labute approximate surface area is 79.8 Å². The molecule has 0 saturated carbocycles. The maximum Gasteiger partial charge on any atom is 0.0619 e. The van der Waals surface area contributed by atoms with Crippen LogP contribution in [-0.2, 0) is 9.47 Å². The highest BCUT2D eigenvalue weighted by Crippen LogP contribution is 2.11. The summed E-state index contributed by atoms with van der Waals surface area (Å²) in [4.78, 5) is 0. The first-order valence-corrected chi connectivity index (χ1v) is 5.37. The van der Waals surface area contributed by atoms with Crippen LogP contribution in [-0.4, -0.2) is 38.5 Å². The zero-order chi connectivity index (χ0) is 8.93. The predicted octanol–water partition coefficient (Wildman–Crippen LogP) is 0.934. The zero-order valence-electron chi connectivity index (χ0n) is 8.13. The van der Waals surface area contributed by atoms with Gasteiger partial charge in [0, 0.05) is 25.3 Å². The number of rotatable bonds is 2. The molecule has 0 bridgehead atoms. The first-order valence-electron chi connectivity index (χ1n) is 5.37. The maximum atomic E-state index is 5.42. The van der Waals surface area contributed by atoms with Crippen LogP contribution in [0.15, 0.2) is 0 Å². The first-order chi connectivity index (χ1) is 6.45. The lowest BCUT2D eigenvalue weighted by Gasteiger charge is -2.30. The van der Waals surface area contributed by atoms with Crippen LogP contribution in [0.4, 0.5) is 0 Å². The van der Waals surface area contributed by atoms with Gasteiger partial charge in [0.25, 0.3) is 0 Å². The van der Waals surface area contributed by atoms with Crippen molar-refractivity contribution in [2.24, 2.45) is 0 Å². The zero-order valence-corrected chi connectivity index (χ0v) is 8.13. The smallest absolute Gasteiger partial charge is 0.0619 e. The molecule has 0 aromatic rings. The van der Waals surface area contributed by atoms with Crippen molar-refractivity contribution >= 4 is 0 Å². The van der Waals surface area contributed by atoms with E-state index in [0.29, 0.717) is 12.1 Å². The Morgan fingerprint density at radius 1 is 0.846 bits per heavy atom. The Balaban J connectivity index is 1.69. The van der Waals surface area contributed by atoms with Crippen LogP contribution in [0.25, 0.3) is 0 Å². The molecule has 1 N–H and O–H groups in total. The van der Waals surface area contributed by atoms with Gasteiger partial charge in [0.15, 0.2) is 0 Å². The molecule has 2 aliphatic rings. The van der Waals surface area contributed by atoms with Crippen LogP contribution in [0.5, 0.6) is 0 Å². The molecule has 76 valence electrons. The predicted molar refractivity (Wildman–Crippen MR) is 50.8 cm³/mol. The lowest BCUT2D eigenvalue weighted by atomic mass is 10.1. The van der Waals surface area contributed by atoms with Gasteiger partial charge < -0.3 is 14.8 Å². The Hall–Kier alpha value is -0.120. The minimum atomic E-state index is 0.570. The van der Waals surface area contributed by atoms with Crippen LogP contribution in [0.3, 0.4) is 0 Å². The topological polar surface area (TPSA) is 30.5 Å². The molecular weight excluding hydrogens is 166 g/mol. The van der Waals surface area contributed by atoms with E-state index in [1.54, 1.807) is 0 Å². The van der Waals surface area contributed by atoms with Gasteiger partial charge in [-0.05, 0) is 25.7 Å². The van der Waals surface area contributed by atoms with Crippen molar-refractivity contribution in [3.05, 3.63) is 0 Å². The van der Waals surface area contributed by atoms with E-state index in [9.17, 15) is 0 Å². The van der Waals surface area contributed by atoms with Crippen LogP contribution in [0, 0.1) is 0 Å². The molecule has 2 atom stereocenters. The molecule has 0 radical (unpaired) electrons. The number of nitrogens with one attached hydrogen (secondary N) is 1. The van der Waals surface area contributed by atoms with E-state index in [1.807, 2.05) is 0 Å². The van der Waals surface area contributed by atoms with E-state index in [2.05, 4.69) is 5.32 Å². The summed E-state index contributed by atoms with van der Waals surface area (Å²) in [7, 11) is 0. The number of ether oxygens (including phenoxy) is 2. The molecule has 2 unspecified atom stereocenters. The molecule has 2 saturated heterocycles. The van der Waals surface area contributed by atoms with Gasteiger partial charge in [0.2, 0.25) is 0 Å². The minimum Gasteiger partial charge on any atom is -0.380 e. The normalized spacial score (nSPS) is 36.0. The average Bonchev–Trinajstić information content (AvgIpc) is 2.21. The lowest BCUT2D eigenvalue weighted by molar-refractivity contribution is 0.0364. The fourth-order valence-corrected chi connectivity index (χ4v) is 2.08. The summed E-state index contributed by atoms with van der Waals surface area (Å²) in [5, 5.41) is 3.61. The first kappa shape index (κ1) is 9.44. The lowest BCUT2D eigenvalue weighted by Crippen LogP contribution is -2.46. The summed E-state index contributed by atoms with van der Waals surface area (Å²) in [6.45, 7) is 3.66. The number of hydrogen-bond acceptors (Lipinski definition) is 3. The van der Waals surface area contributed by atoms with Crippen LogP contribution >= 0.6 is 0 Å². The Morgan fingerprint density at radius 3 is 1.77 bits per heavy atom. The second-order valence-electron chi connectivity index (χ2n) is 3.99. The van der Waals surface area contributed by atoms with Crippen molar-refractivity contribution in [2.45, 2.75) is 37.8 Å². The van der Waals surface area contributed by atoms with E-state index >= 15 is 0 Å². The summed E-state index contributed by atoms with van der Waals surface area (Å²) >= 11 is 0. The van der Waals surface area contributed by atoms with Crippen molar-refractivity contribution in [3.8, 4) is 0 Å². The van der Waals surface area contributed by atoms with Gasteiger partial charge in [0.05, 0.1) is 13.2 Å². The van der Waals surface area contributed by atoms with Gasteiger partial charge in [-0.1, -0.05) is 0 Å². The molecular formula is C10H19NO2. The molecule has 2 heterocycles. The van der Waals surface area contributed by atoms with Crippen molar-refractivity contribution in [3.63, 3.8) is 0 Å². The van der Waals surface area contributed by atoms with Crippen molar-refractivity contribution in [2.75, 3.05) is 26.4 Å². The molecule has 2 rings (SSSR count). The van der Waals surface area contributed by atoms with Gasteiger partial charge in [-0.15, -0.1) is 0 Å². The molecule has 0 amide bonds. The Bertz CT molecular complexity index is 124. The Morgan fingerprint density at radius 2 is 1.38 bits per heavy atom. The third-order valence-electron chi connectivity index (χ3n) is 2.79. The molecule has 0 aliphatic carbocycles. The fraction of sp³-hybridized carbons (Fsp3) is 1.00. The van der Waals surface area contributed by atoms with Crippen LogP contribution in [0.1, 0.15) is 25.7 Å². The third kappa shape index (κ3) is 2.93. The number of hydrogen-bond donors (Lipinski definition) is 1. The van der Waals surface area contributed by atoms with Gasteiger partial charge in [-0.3, -0.25) is 0 Å².